The van der Waals surface area contributed by atoms with Gasteiger partial charge in [0.05, 0.1) is 25.4 Å². The Hall–Kier alpha value is -1.40. The molecular weight excluding hydrogens is 839 g/mol. The molecule has 0 saturated heterocycles. The molecule has 0 aromatic rings. The molecule has 68 heavy (non-hydrogen) atoms. The smallest absolute Gasteiger partial charge is 0.305 e. The lowest BCUT2D eigenvalue weighted by Gasteiger charge is -2.22. The van der Waals surface area contributed by atoms with Gasteiger partial charge in [0.1, 0.15) is 0 Å². The number of esters is 1. The van der Waals surface area contributed by atoms with Gasteiger partial charge < -0.3 is 20.3 Å². The van der Waals surface area contributed by atoms with E-state index < -0.39 is 12.1 Å². The van der Waals surface area contributed by atoms with Crippen LogP contribution >= 0.6 is 0 Å². The Labute approximate surface area is 425 Å². The van der Waals surface area contributed by atoms with Crippen molar-refractivity contribution in [3.63, 3.8) is 0 Å². The van der Waals surface area contributed by atoms with E-state index in [0.717, 1.165) is 38.5 Å². The van der Waals surface area contributed by atoms with E-state index in [4.69, 9.17) is 4.74 Å². The molecule has 0 saturated carbocycles. The van der Waals surface area contributed by atoms with Gasteiger partial charge in [-0.25, -0.2) is 0 Å². The largest absolute Gasteiger partial charge is 0.466 e. The van der Waals surface area contributed by atoms with Crippen LogP contribution in [0.25, 0.3) is 0 Å². The van der Waals surface area contributed by atoms with Crippen LogP contribution in [-0.2, 0) is 14.3 Å². The molecule has 0 aliphatic rings. The highest BCUT2D eigenvalue weighted by atomic mass is 16.5. The summed E-state index contributed by atoms with van der Waals surface area (Å²) in [4.78, 5) is 24.5. The van der Waals surface area contributed by atoms with E-state index in [1.165, 1.54) is 276 Å². The SMILES string of the molecule is CCCCCCCCCCCCCCCCCCCC(=O)OCCCCCCCCCCCCCC/C=C\CCCCCCCCCCC(=O)NC(CO)C(O)CCCCCCCCCCCC. The van der Waals surface area contributed by atoms with Crippen LogP contribution in [0.1, 0.15) is 348 Å². The van der Waals surface area contributed by atoms with Crippen molar-refractivity contribution in [1.82, 2.24) is 5.32 Å². The lowest BCUT2D eigenvalue weighted by molar-refractivity contribution is -0.143. The van der Waals surface area contributed by atoms with Crippen molar-refractivity contribution in [2.75, 3.05) is 13.2 Å². The first kappa shape index (κ1) is 66.6. The van der Waals surface area contributed by atoms with Crippen molar-refractivity contribution in [2.45, 2.75) is 360 Å². The summed E-state index contributed by atoms with van der Waals surface area (Å²) in [5, 5.41) is 23.1. The van der Waals surface area contributed by atoms with Crippen molar-refractivity contribution >= 4 is 11.9 Å². The first-order chi connectivity index (χ1) is 33.5. The summed E-state index contributed by atoms with van der Waals surface area (Å²) in [7, 11) is 0. The Kier molecular flexibility index (Phi) is 57.0. The summed E-state index contributed by atoms with van der Waals surface area (Å²) in [6, 6.07) is -0.542. The molecule has 0 rings (SSSR count). The van der Waals surface area contributed by atoms with Gasteiger partial charge in [-0.05, 0) is 51.4 Å². The average molecular weight is 961 g/mol. The number of rotatable bonds is 58. The molecule has 0 radical (unpaired) electrons. The number of ether oxygens (including phenoxy) is 1. The van der Waals surface area contributed by atoms with Crippen molar-refractivity contribution in [2.24, 2.45) is 0 Å². The Bertz CT molecular complexity index is 1020. The molecule has 0 spiro atoms. The molecule has 0 aliphatic carbocycles. The van der Waals surface area contributed by atoms with Gasteiger partial charge in [-0.15, -0.1) is 0 Å². The van der Waals surface area contributed by atoms with Crippen molar-refractivity contribution in [3.8, 4) is 0 Å². The second kappa shape index (κ2) is 58.2. The topological polar surface area (TPSA) is 95.9 Å². The Balaban J connectivity index is 3.35. The molecule has 6 heteroatoms. The van der Waals surface area contributed by atoms with Gasteiger partial charge in [-0.3, -0.25) is 9.59 Å². The summed E-state index contributed by atoms with van der Waals surface area (Å²) in [6.07, 6.45) is 69.5. The van der Waals surface area contributed by atoms with Crippen LogP contribution < -0.4 is 5.32 Å². The highest BCUT2D eigenvalue weighted by Crippen LogP contribution is 2.18. The molecule has 404 valence electrons. The number of hydrogen-bond donors (Lipinski definition) is 3. The van der Waals surface area contributed by atoms with Gasteiger partial charge in [-0.1, -0.05) is 296 Å². The molecule has 0 heterocycles. The number of amides is 1. The molecule has 2 atom stereocenters. The van der Waals surface area contributed by atoms with E-state index in [1.807, 2.05) is 0 Å². The minimum Gasteiger partial charge on any atom is -0.466 e. The zero-order chi connectivity index (χ0) is 49.3. The molecule has 0 aromatic carbocycles. The van der Waals surface area contributed by atoms with Crippen LogP contribution in [0.15, 0.2) is 12.2 Å². The lowest BCUT2D eigenvalue weighted by Crippen LogP contribution is -2.45. The number of aliphatic hydroxyl groups is 2. The molecule has 0 aliphatic heterocycles. The molecule has 6 nitrogen and oxygen atoms in total. The summed E-state index contributed by atoms with van der Waals surface area (Å²) in [6.45, 7) is 4.96. The third kappa shape index (κ3) is 53.9. The fraction of sp³-hybridized carbons (Fsp3) is 0.935. The Morgan fingerprint density at radius 1 is 0.397 bits per heavy atom. The van der Waals surface area contributed by atoms with Crippen LogP contribution in [0.3, 0.4) is 0 Å². The zero-order valence-corrected chi connectivity index (χ0v) is 46.1. The first-order valence-corrected chi connectivity index (χ1v) is 30.9. The lowest BCUT2D eigenvalue weighted by atomic mass is 10.0. The molecule has 0 bridgehead atoms. The fourth-order valence-corrected chi connectivity index (χ4v) is 9.81. The second-order valence-corrected chi connectivity index (χ2v) is 21.4. The van der Waals surface area contributed by atoms with Gasteiger partial charge in [-0.2, -0.15) is 0 Å². The second-order valence-electron chi connectivity index (χ2n) is 21.4. The summed E-state index contributed by atoms with van der Waals surface area (Å²) >= 11 is 0. The van der Waals surface area contributed by atoms with Crippen molar-refractivity contribution in [1.29, 1.82) is 0 Å². The zero-order valence-electron chi connectivity index (χ0n) is 46.1. The number of unbranched alkanes of at least 4 members (excludes halogenated alkanes) is 45. The van der Waals surface area contributed by atoms with Crippen molar-refractivity contribution in [3.05, 3.63) is 12.2 Å². The molecule has 3 N–H and O–H groups in total. The van der Waals surface area contributed by atoms with Gasteiger partial charge in [0.2, 0.25) is 5.91 Å². The number of aliphatic hydroxyl groups excluding tert-OH is 2. The van der Waals surface area contributed by atoms with E-state index in [2.05, 4.69) is 31.3 Å². The van der Waals surface area contributed by atoms with E-state index in [0.29, 0.717) is 25.9 Å². The highest BCUT2D eigenvalue weighted by Gasteiger charge is 2.20. The van der Waals surface area contributed by atoms with E-state index in [-0.39, 0.29) is 18.5 Å². The number of carbonyl (C=O) groups is 2. The molecule has 2 unspecified atom stereocenters. The highest BCUT2D eigenvalue weighted by molar-refractivity contribution is 5.76. The summed E-state index contributed by atoms with van der Waals surface area (Å²) in [5.41, 5.74) is 0. The van der Waals surface area contributed by atoms with E-state index in [1.54, 1.807) is 0 Å². The quantitative estimate of drug-likeness (QED) is 0.0321. The Morgan fingerprint density at radius 2 is 0.691 bits per heavy atom. The minimum absolute atomic E-state index is 0.0170. The molecule has 1 amide bonds. The maximum Gasteiger partial charge on any atom is 0.305 e. The van der Waals surface area contributed by atoms with Crippen LogP contribution in [0.5, 0.6) is 0 Å². The third-order valence-electron chi connectivity index (χ3n) is 14.6. The van der Waals surface area contributed by atoms with Gasteiger partial charge in [0.25, 0.3) is 0 Å². The van der Waals surface area contributed by atoms with Gasteiger partial charge in [0, 0.05) is 12.8 Å². The maximum absolute atomic E-state index is 12.4. The van der Waals surface area contributed by atoms with E-state index in [9.17, 15) is 19.8 Å². The summed E-state index contributed by atoms with van der Waals surface area (Å²) in [5.74, 6) is -0.0229. The normalized spacial score (nSPS) is 12.6. The molecule has 0 aromatic heterocycles. The summed E-state index contributed by atoms with van der Waals surface area (Å²) < 4.78 is 5.50. The third-order valence-corrected chi connectivity index (χ3v) is 14.6. The van der Waals surface area contributed by atoms with E-state index >= 15 is 0 Å². The van der Waals surface area contributed by atoms with Crippen LogP contribution in [0.2, 0.25) is 0 Å². The van der Waals surface area contributed by atoms with Crippen LogP contribution in [0, 0.1) is 0 Å². The molecule has 0 fully saturated rings. The monoisotopic (exact) mass is 960 g/mol. The first-order valence-electron chi connectivity index (χ1n) is 30.9. The number of allylic oxidation sites excluding steroid dienone is 2. The van der Waals surface area contributed by atoms with Crippen LogP contribution in [-0.4, -0.2) is 47.4 Å². The average Bonchev–Trinajstić information content (AvgIpc) is 3.34. The number of carbonyl (C=O) groups excluding carboxylic acids is 2. The Morgan fingerprint density at radius 3 is 1.04 bits per heavy atom. The predicted molar refractivity (Wildman–Crippen MR) is 297 cm³/mol. The molecular formula is C62H121NO5. The standard InChI is InChI=1S/C62H121NO5/c1-3-5-7-9-11-13-15-16-17-26-30-33-36-40-44-48-52-56-62(67)68-57-53-49-45-41-37-34-31-28-25-23-21-19-18-20-22-24-27-29-32-35-39-43-47-51-55-61(66)63-59(58-64)60(65)54-50-46-42-38-14-12-10-8-6-4-2/h20,22,59-60,64-65H,3-19,21,23-58H2,1-2H3,(H,63,66)/b22-20-. The number of nitrogens with one attached hydrogen (secondary N) is 1. The van der Waals surface area contributed by atoms with Gasteiger partial charge in [0.15, 0.2) is 0 Å². The maximum atomic E-state index is 12.4. The van der Waals surface area contributed by atoms with Crippen LogP contribution in [0.4, 0.5) is 0 Å². The van der Waals surface area contributed by atoms with Crippen molar-refractivity contribution < 1.29 is 24.5 Å². The predicted octanol–water partition coefficient (Wildman–Crippen LogP) is 19.2. The fourth-order valence-electron chi connectivity index (χ4n) is 9.81. The number of hydrogen-bond acceptors (Lipinski definition) is 5. The minimum atomic E-state index is -0.664. The van der Waals surface area contributed by atoms with Gasteiger partial charge >= 0.3 is 5.97 Å².